The normalized spacial score (nSPS) is 14.0. The molecule has 1 nitrogen and oxygen atoms in total. The van der Waals surface area contributed by atoms with E-state index in [9.17, 15) is 4.39 Å². The fraction of sp³-hybridized carbons (Fsp3) is 0.294. The van der Waals surface area contributed by atoms with Crippen LogP contribution in [0.4, 0.5) is 4.39 Å². The lowest BCUT2D eigenvalue weighted by Gasteiger charge is -2.24. The van der Waals surface area contributed by atoms with Crippen LogP contribution in [0.15, 0.2) is 48.5 Å². The van der Waals surface area contributed by atoms with Gasteiger partial charge >= 0.3 is 0 Å². The van der Waals surface area contributed by atoms with Crippen LogP contribution in [-0.4, -0.2) is 7.05 Å². The Labute approximate surface area is 124 Å². The summed E-state index contributed by atoms with van der Waals surface area (Å²) >= 11 is 5.84. The first-order valence-corrected chi connectivity index (χ1v) is 7.16. The smallest absolute Gasteiger partial charge is 0.144 e. The third-order valence-corrected chi connectivity index (χ3v) is 3.90. The van der Waals surface area contributed by atoms with Crippen LogP contribution >= 0.6 is 11.6 Å². The molecular weight excluding hydrogens is 273 g/mol. The monoisotopic (exact) mass is 291 g/mol. The lowest BCUT2D eigenvalue weighted by molar-refractivity contribution is 0.403. The maximum absolute atomic E-state index is 14.0. The lowest BCUT2D eigenvalue weighted by Crippen LogP contribution is -2.25. The van der Waals surface area contributed by atoms with Gasteiger partial charge in [0.15, 0.2) is 0 Å². The van der Waals surface area contributed by atoms with Crippen LogP contribution in [0.1, 0.15) is 24.1 Å². The van der Waals surface area contributed by atoms with Gasteiger partial charge in [0.25, 0.3) is 0 Å². The molecule has 2 atom stereocenters. The van der Waals surface area contributed by atoms with Gasteiger partial charge < -0.3 is 5.32 Å². The highest BCUT2D eigenvalue weighted by molar-refractivity contribution is 6.30. The fourth-order valence-corrected chi connectivity index (χ4v) is 2.81. The number of hydrogen-bond acceptors (Lipinski definition) is 1. The number of hydrogen-bond donors (Lipinski definition) is 1. The molecule has 0 amide bonds. The molecule has 1 N–H and O–H groups in total. The van der Waals surface area contributed by atoms with Crippen LogP contribution in [0.2, 0.25) is 5.02 Å². The van der Waals surface area contributed by atoms with Gasteiger partial charge in [-0.2, -0.15) is 0 Å². The van der Waals surface area contributed by atoms with E-state index in [1.54, 1.807) is 18.2 Å². The molecule has 106 valence electrons. The molecule has 0 heterocycles. The summed E-state index contributed by atoms with van der Waals surface area (Å²) in [5.74, 6) is -0.0423. The van der Waals surface area contributed by atoms with Gasteiger partial charge in [-0.25, -0.2) is 4.39 Å². The van der Waals surface area contributed by atoms with Crippen molar-refractivity contribution in [2.24, 2.45) is 5.92 Å². The van der Waals surface area contributed by atoms with Crippen molar-refractivity contribution < 1.29 is 4.39 Å². The number of nitrogens with one attached hydrogen (secondary N) is 1. The van der Waals surface area contributed by atoms with Crippen molar-refractivity contribution in [3.63, 3.8) is 0 Å². The summed E-state index contributed by atoms with van der Waals surface area (Å²) in [5, 5.41) is 3.51. The van der Waals surface area contributed by atoms with Gasteiger partial charge in [0.2, 0.25) is 0 Å². The fourth-order valence-electron chi connectivity index (χ4n) is 2.61. The van der Waals surface area contributed by atoms with Gasteiger partial charge in [-0.1, -0.05) is 61.0 Å². The molecule has 0 aromatic heterocycles. The Hall–Kier alpha value is -1.38. The van der Waals surface area contributed by atoms with Gasteiger partial charge in [0.05, 0.1) is 5.02 Å². The average molecular weight is 292 g/mol. The highest BCUT2D eigenvalue weighted by Gasteiger charge is 2.19. The molecule has 0 aliphatic rings. The summed E-state index contributed by atoms with van der Waals surface area (Å²) in [6, 6.07) is 15.6. The summed E-state index contributed by atoms with van der Waals surface area (Å²) < 4.78 is 14.0. The van der Waals surface area contributed by atoms with E-state index in [0.717, 1.165) is 0 Å². The standard InChI is InChI=1S/C17H19ClFN/c1-12(11-14-9-6-10-15(18)16(14)19)17(20-2)13-7-4-3-5-8-13/h3-10,12,17,20H,11H2,1-2H3. The summed E-state index contributed by atoms with van der Waals surface area (Å²) in [7, 11) is 1.93. The van der Waals surface area contributed by atoms with Crippen LogP contribution in [-0.2, 0) is 6.42 Å². The molecule has 2 unspecified atom stereocenters. The van der Waals surface area contributed by atoms with E-state index in [0.29, 0.717) is 12.0 Å². The first-order chi connectivity index (χ1) is 9.63. The molecule has 20 heavy (non-hydrogen) atoms. The quantitative estimate of drug-likeness (QED) is 0.848. The number of rotatable bonds is 5. The van der Waals surface area contributed by atoms with Crippen LogP contribution in [0.25, 0.3) is 0 Å². The SMILES string of the molecule is CNC(c1ccccc1)C(C)Cc1cccc(Cl)c1F. The van der Waals surface area contributed by atoms with Crippen LogP contribution < -0.4 is 5.32 Å². The summed E-state index contributed by atoms with van der Waals surface area (Å²) in [6.45, 7) is 2.12. The molecule has 2 aromatic carbocycles. The number of halogens is 2. The molecule has 2 aromatic rings. The van der Waals surface area contributed by atoms with Crippen LogP contribution in [0, 0.1) is 11.7 Å². The van der Waals surface area contributed by atoms with Gasteiger partial charge in [0.1, 0.15) is 5.82 Å². The second kappa shape index (κ2) is 6.87. The molecule has 3 heteroatoms. The molecule has 0 saturated heterocycles. The maximum Gasteiger partial charge on any atom is 0.144 e. The van der Waals surface area contributed by atoms with E-state index < -0.39 is 0 Å². The third-order valence-electron chi connectivity index (χ3n) is 3.61. The molecule has 0 saturated carbocycles. The van der Waals surface area contributed by atoms with Gasteiger partial charge in [0, 0.05) is 6.04 Å². The maximum atomic E-state index is 14.0. The van der Waals surface area contributed by atoms with Crippen molar-refractivity contribution >= 4 is 11.6 Å². The lowest BCUT2D eigenvalue weighted by atomic mass is 9.89. The van der Waals surface area contributed by atoms with E-state index >= 15 is 0 Å². The predicted molar refractivity (Wildman–Crippen MR) is 82.5 cm³/mol. The van der Waals surface area contributed by atoms with Crippen molar-refractivity contribution in [3.8, 4) is 0 Å². The predicted octanol–water partition coefficient (Wildman–Crippen LogP) is 4.62. The minimum atomic E-state index is -0.302. The molecule has 0 aliphatic heterocycles. The van der Waals surface area contributed by atoms with Gasteiger partial charge in [-0.05, 0) is 36.6 Å². The minimum absolute atomic E-state index is 0.189. The van der Waals surface area contributed by atoms with Crippen LogP contribution in [0.3, 0.4) is 0 Å². The van der Waals surface area contributed by atoms with Crippen LogP contribution in [0.5, 0.6) is 0 Å². The minimum Gasteiger partial charge on any atom is -0.313 e. The van der Waals surface area contributed by atoms with E-state index in [4.69, 9.17) is 11.6 Å². The zero-order valence-electron chi connectivity index (χ0n) is 11.7. The van der Waals surface area contributed by atoms with Gasteiger partial charge in [-0.15, -0.1) is 0 Å². The second-order valence-corrected chi connectivity index (χ2v) is 5.48. The van der Waals surface area contributed by atoms with E-state index in [2.05, 4.69) is 24.4 Å². The summed E-state index contributed by atoms with van der Waals surface area (Å²) in [6.07, 6.45) is 0.646. The van der Waals surface area contributed by atoms with E-state index in [1.165, 1.54) is 5.56 Å². The first-order valence-electron chi connectivity index (χ1n) is 6.78. The largest absolute Gasteiger partial charge is 0.313 e. The first kappa shape index (κ1) is 15.0. The Bertz CT molecular complexity index is 556. The average Bonchev–Trinajstić information content (AvgIpc) is 2.46. The van der Waals surface area contributed by atoms with Gasteiger partial charge in [-0.3, -0.25) is 0 Å². The second-order valence-electron chi connectivity index (χ2n) is 5.07. The number of benzene rings is 2. The Morgan fingerprint density at radius 3 is 2.45 bits per heavy atom. The van der Waals surface area contributed by atoms with Crippen molar-refractivity contribution in [1.29, 1.82) is 0 Å². The van der Waals surface area contributed by atoms with Crippen molar-refractivity contribution in [2.45, 2.75) is 19.4 Å². The molecule has 0 spiro atoms. The Kier molecular flexibility index (Phi) is 5.16. The molecule has 0 fully saturated rings. The summed E-state index contributed by atoms with van der Waals surface area (Å²) in [4.78, 5) is 0. The molecule has 0 bridgehead atoms. The Morgan fingerprint density at radius 1 is 1.10 bits per heavy atom. The highest BCUT2D eigenvalue weighted by Crippen LogP contribution is 2.27. The highest BCUT2D eigenvalue weighted by atomic mass is 35.5. The molecule has 0 aliphatic carbocycles. The topological polar surface area (TPSA) is 12.0 Å². The molecular formula is C17H19ClFN. The zero-order chi connectivity index (χ0) is 14.5. The zero-order valence-corrected chi connectivity index (χ0v) is 12.5. The van der Waals surface area contributed by atoms with Crippen molar-refractivity contribution in [1.82, 2.24) is 5.32 Å². The van der Waals surface area contributed by atoms with Crippen molar-refractivity contribution in [2.75, 3.05) is 7.05 Å². The van der Waals surface area contributed by atoms with Crippen molar-refractivity contribution in [3.05, 3.63) is 70.5 Å². The molecule has 2 rings (SSSR count). The molecule has 0 radical (unpaired) electrons. The van der Waals surface area contributed by atoms with E-state index in [-0.39, 0.29) is 22.8 Å². The van der Waals surface area contributed by atoms with E-state index in [1.807, 2.05) is 25.2 Å². The third kappa shape index (κ3) is 3.38. The Balaban J connectivity index is 2.18. The Morgan fingerprint density at radius 2 is 1.80 bits per heavy atom. The summed E-state index contributed by atoms with van der Waals surface area (Å²) in [5.41, 5.74) is 1.88.